The summed E-state index contributed by atoms with van der Waals surface area (Å²) in [5.41, 5.74) is 0.827. The molecule has 0 aromatic heterocycles. The van der Waals surface area contributed by atoms with Crippen molar-refractivity contribution in [2.75, 3.05) is 20.3 Å². The first-order valence-electron chi connectivity index (χ1n) is 10.8. The first-order valence-corrected chi connectivity index (χ1v) is 10.8. The Kier molecular flexibility index (Phi) is 5.60. The van der Waals surface area contributed by atoms with Crippen LogP contribution in [0, 0.1) is 5.92 Å². The van der Waals surface area contributed by atoms with Gasteiger partial charge in [-0.15, -0.1) is 0 Å². The van der Waals surface area contributed by atoms with Crippen LogP contribution in [0.4, 0.5) is 0 Å². The Morgan fingerprint density at radius 1 is 1.29 bits per heavy atom. The van der Waals surface area contributed by atoms with Gasteiger partial charge in [-0.2, -0.15) is 0 Å². The highest BCUT2D eigenvalue weighted by molar-refractivity contribution is 5.72. The topological polar surface area (TPSA) is 72.6 Å². The molecule has 0 radical (unpaired) electrons. The van der Waals surface area contributed by atoms with Crippen LogP contribution in [0.5, 0.6) is 0 Å². The minimum absolute atomic E-state index is 0.0757. The molecule has 1 spiro atoms. The third-order valence-electron chi connectivity index (χ3n) is 7.16. The average Bonchev–Trinajstić information content (AvgIpc) is 3.51. The number of methoxy groups -OCH3 is 1. The molecule has 0 aromatic rings. The van der Waals surface area contributed by atoms with Gasteiger partial charge in [0.05, 0.1) is 25.2 Å². The number of hydrogen-bond acceptors (Lipinski definition) is 6. The Labute approximate surface area is 168 Å². The number of hydrogen-bond donors (Lipinski definition) is 1. The van der Waals surface area contributed by atoms with Gasteiger partial charge < -0.3 is 24.3 Å². The van der Waals surface area contributed by atoms with Crippen molar-refractivity contribution in [3.8, 4) is 0 Å². The summed E-state index contributed by atoms with van der Waals surface area (Å²) < 4.78 is 23.9. The van der Waals surface area contributed by atoms with Gasteiger partial charge in [0.15, 0.2) is 0 Å². The van der Waals surface area contributed by atoms with E-state index in [1.54, 1.807) is 7.11 Å². The number of rotatable bonds is 8. The van der Waals surface area contributed by atoms with Crippen LogP contribution in [-0.4, -0.2) is 61.8 Å². The minimum Gasteiger partial charge on any atom is -0.459 e. The number of allylic oxidation sites excluding steroid dienone is 1. The van der Waals surface area contributed by atoms with Crippen molar-refractivity contribution >= 4 is 5.97 Å². The Balaban J connectivity index is 1.41. The molecule has 1 N–H and O–H groups in total. The van der Waals surface area contributed by atoms with Gasteiger partial charge in [-0.1, -0.05) is 18.1 Å². The summed E-state index contributed by atoms with van der Waals surface area (Å²) in [5, 5.41) is 3.29. The predicted molar refractivity (Wildman–Crippen MR) is 105 cm³/mol. The summed E-state index contributed by atoms with van der Waals surface area (Å²) in [5.74, 6) is -0.111. The fraction of sp³-hybridized carbons (Fsp3) is 0.864. The highest BCUT2D eigenvalue weighted by atomic mass is 16.6. The Bertz CT molecular complexity index is 622. The summed E-state index contributed by atoms with van der Waals surface area (Å²) >= 11 is 0. The van der Waals surface area contributed by atoms with Gasteiger partial charge in [0.2, 0.25) is 0 Å². The molecule has 4 fully saturated rings. The molecule has 2 saturated carbocycles. The molecule has 6 nitrogen and oxygen atoms in total. The number of carbonyl (C=O) groups excluding carboxylic acids is 1. The van der Waals surface area contributed by atoms with Crippen molar-refractivity contribution in [1.29, 1.82) is 0 Å². The van der Waals surface area contributed by atoms with Crippen LogP contribution >= 0.6 is 0 Å². The molecule has 0 bridgehead atoms. The lowest BCUT2D eigenvalue weighted by atomic mass is 9.68. The molecular weight excluding hydrogens is 358 g/mol. The second-order valence-corrected chi connectivity index (χ2v) is 9.41. The molecule has 158 valence electrons. The lowest BCUT2D eigenvalue weighted by molar-refractivity contribution is -0.171. The second-order valence-electron chi connectivity index (χ2n) is 9.41. The largest absolute Gasteiger partial charge is 0.459 e. The van der Waals surface area contributed by atoms with Gasteiger partial charge in [0.1, 0.15) is 23.4 Å². The maximum absolute atomic E-state index is 12.4. The van der Waals surface area contributed by atoms with Crippen LogP contribution in [0.25, 0.3) is 0 Å². The summed E-state index contributed by atoms with van der Waals surface area (Å²) in [6.45, 7) is 7.41. The maximum Gasteiger partial charge on any atom is 0.320 e. The van der Waals surface area contributed by atoms with Crippen LogP contribution in [0.2, 0.25) is 0 Å². The van der Waals surface area contributed by atoms with Gasteiger partial charge in [0.25, 0.3) is 0 Å². The van der Waals surface area contributed by atoms with E-state index >= 15 is 0 Å². The predicted octanol–water partition coefficient (Wildman–Crippen LogP) is 2.75. The molecule has 0 amide bonds. The zero-order chi connectivity index (χ0) is 19.9. The molecule has 2 aliphatic heterocycles. The van der Waals surface area contributed by atoms with Gasteiger partial charge in [-0.25, -0.2) is 0 Å². The van der Waals surface area contributed by atoms with E-state index < -0.39 is 0 Å². The van der Waals surface area contributed by atoms with E-state index in [4.69, 9.17) is 18.9 Å². The summed E-state index contributed by atoms with van der Waals surface area (Å²) in [6.07, 6.45) is 8.07. The third kappa shape index (κ3) is 3.89. The SMILES string of the molecule is CO[C@@H]1[C@H](OC(=O)CNC2CCC2)CC[C@]2(CO2)[C@H]1[C@@]1(C)OC1CC=C(C)C. The van der Waals surface area contributed by atoms with Crippen LogP contribution < -0.4 is 5.32 Å². The van der Waals surface area contributed by atoms with Gasteiger partial charge in [0, 0.05) is 13.2 Å². The average molecular weight is 394 g/mol. The summed E-state index contributed by atoms with van der Waals surface area (Å²) in [6, 6.07) is 0.475. The number of carbonyl (C=O) groups is 1. The van der Waals surface area contributed by atoms with Crippen LogP contribution in [0.15, 0.2) is 11.6 Å². The van der Waals surface area contributed by atoms with E-state index in [2.05, 4.69) is 32.2 Å². The van der Waals surface area contributed by atoms with E-state index in [1.165, 1.54) is 12.0 Å². The van der Waals surface area contributed by atoms with Crippen molar-refractivity contribution in [2.45, 2.75) is 94.9 Å². The first-order chi connectivity index (χ1) is 13.4. The molecule has 2 aliphatic carbocycles. The van der Waals surface area contributed by atoms with Crippen molar-refractivity contribution < 1.29 is 23.7 Å². The van der Waals surface area contributed by atoms with Crippen molar-refractivity contribution in [2.24, 2.45) is 5.92 Å². The minimum atomic E-state index is -0.293. The molecular formula is C22H35NO5. The van der Waals surface area contributed by atoms with E-state index in [-0.39, 0.29) is 47.9 Å². The standard InChI is InChI=1S/C22H35NO5/c1-14(2)8-9-17-21(3,28-17)20-19(25-4)16(10-11-22(20)13-26-22)27-18(24)12-23-15-6-5-7-15/h8,15-17,19-20,23H,5-7,9-13H2,1-4H3/t16-,17?,19-,20-,21+,22+/m1/s1. The fourth-order valence-corrected chi connectivity index (χ4v) is 5.12. The molecule has 2 saturated heterocycles. The Morgan fingerprint density at radius 2 is 2.04 bits per heavy atom. The molecule has 1 unspecified atom stereocenters. The summed E-state index contributed by atoms with van der Waals surface area (Å²) in [4.78, 5) is 12.4. The van der Waals surface area contributed by atoms with Crippen molar-refractivity contribution in [3.05, 3.63) is 11.6 Å². The second kappa shape index (κ2) is 7.71. The van der Waals surface area contributed by atoms with Gasteiger partial charge >= 0.3 is 5.97 Å². The summed E-state index contributed by atoms with van der Waals surface area (Å²) in [7, 11) is 1.71. The molecule has 4 aliphatic rings. The lowest BCUT2D eigenvalue weighted by Crippen LogP contribution is -2.56. The van der Waals surface area contributed by atoms with Crippen LogP contribution in [0.1, 0.15) is 59.3 Å². The lowest BCUT2D eigenvalue weighted by Gasteiger charge is -2.42. The smallest absolute Gasteiger partial charge is 0.320 e. The fourth-order valence-electron chi connectivity index (χ4n) is 5.12. The third-order valence-corrected chi connectivity index (χ3v) is 7.16. The Hall–Kier alpha value is -0.950. The zero-order valence-corrected chi connectivity index (χ0v) is 17.7. The van der Waals surface area contributed by atoms with E-state index in [0.29, 0.717) is 6.04 Å². The first kappa shape index (κ1) is 20.3. The molecule has 6 atom stereocenters. The molecule has 0 aromatic carbocycles. The van der Waals surface area contributed by atoms with Crippen LogP contribution in [-0.2, 0) is 23.7 Å². The molecule has 28 heavy (non-hydrogen) atoms. The van der Waals surface area contributed by atoms with Crippen molar-refractivity contribution in [3.63, 3.8) is 0 Å². The zero-order valence-electron chi connectivity index (χ0n) is 17.7. The van der Waals surface area contributed by atoms with E-state index in [0.717, 1.165) is 38.7 Å². The van der Waals surface area contributed by atoms with E-state index in [9.17, 15) is 4.79 Å². The normalized spacial score (nSPS) is 42.0. The number of esters is 1. The molecule has 6 heteroatoms. The quantitative estimate of drug-likeness (QED) is 0.388. The van der Waals surface area contributed by atoms with Crippen molar-refractivity contribution in [1.82, 2.24) is 5.32 Å². The highest BCUT2D eigenvalue weighted by Gasteiger charge is 2.72. The Morgan fingerprint density at radius 3 is 2.61 bits per heavy atom. The number of nitrogens with one attached hydrogen (secondary N) is 1. The number of ether oxygens (including phenoxy) is 4. The van der Waals surface area contributed by atoms with Gasteiger partial charge in [-0.3, -0.25) is 4.79 Å². The maximum atomic E-state index is 12.4. The number of epoxide rings is 2. The monoisotopic (exact) mass is 393 g/mol. The highest BCUT2D eigenvalue weighted by Crippen LogP contribution is 2.59. The molecule has 2 heterocycles. The van der Waals surface area contributed by atoms with Gasteiger partial charge in [-0.05, 0) is 52.9 Å². The molecule has 4 rings (SSSR count). The van der Waals surface area contributed by atoms with E-state index in [1.807, 2.05) is 0 Å². The van der Waals surface area contributed by atoms with Crippen LogP contribution in [0.3, 0.4) is 0 Å².